The number of para-hydroxylation sites is 1. The summed E-state index contributed by atoms with van der Waals surface area (Å²) in [5, 5.41) is 13.9. The zero-order valence-corrected chi connectivity index (χ0v) is 15.5. The highest BCUT2D eigenvalue weighted by Crippen LogP contribution is 2.31. The number of aryl methyl sites for hydroxylation is 2. The topological polar surface area (TPSA) is 64.7 Å². The SMILES string of the molecule is CCn1c2ccccc2c2cc(NC(=O)CSc3nncn3C)ccc21. The number of carbonyl (C=O) groups is 1. The maximum atomic E-state index is 12.3. The molecule has 4 rings (SSSR count). The highest BCUT2D eigenvalue weighted by Gasteiger charge is 2.11. The number of thioether (sulfide) groups is 1. The summed E-state index contributed by atoms with van der Waals surface area (Å²) in [6.45, 7) is 3.05. The van der Waals surface area contributed by atoms with Gasteiger partial charge in [0.15, 0.2) is 5.16 Å². The van der Waals surface area contributed by atoms with Crippen molar-refractivity contribution in [1.82, 2.24) is 19.3 Å². The molecule has 2 heterocycles. The van der Waals surface area contributed by atoms with E-state index in [2.05, 4.69) is 57.3 Å². The molecule has 0 aliphatic carbocycles. The molecule has 2 aromatic heterocycles. The van der Waals surface area contributed by atoms with E-state index in [9.17, 15) is 4.79 Å². The molecule has 0 unspecified atom stereocenters. The van der Waals surface area contributed by atoms with Crippen LogP contribution in [0.4, 0.5) is 5.69 Å². The van der Waals surface area contributed by atoms with Gasteiger partial charge in [-0.25, -0.2) is 0 Å². The van der Waals surface area contributed by atoms with E-state index in [1.165, 1.54) is 28.2 Å². The lowest BCUT2D eigenvalue weighted by Gasteiger charge is -2.06. The van der Waals surface area contributed by atoms with Crippen LogP contribution in [0.3, 0.4) is 0 Å². The largest absolute Gasteiger partial charge is 0.341 e. The lowest BCUT2D eigenvalue weighted by Crippen LogP contribution is -2.14. The summed E-state index contributed by atoms with van der Waals surface area (Å²) in [5.74, 6) is 0.234. The van der Waals surface area contributed by atoms with Crippen molar-refractivity contribution in [3.8, 4) is 0 Å². The van der Waals surface area contributed by atoms with E-state index in [1.807, 2.05) is 19.2 Å². The first-order valence-corrected chi connectivity index (χ1v) is 9.43. The van der Waals surface area contributed by atoms with Crippen molar-refractivity contribution in [3.63, 3.8) is 0 Å². The number of rotatable bonds is 5. The number of carbonyl (C=O) groups excluding carboxylic acids is 1. The zero-order valence-electron chi connectivity index (χ0n) is 14.6. The fourth-order valence-electron chi connectivity index (χ4n) is 3.20. The van der Waals surface area contributed by atoms with Crippen molar-refractivity contribution in [3.05, 3.63) is 48.8 Å². The van der Waals surface area contributed by atoms with Crippen LogP contribution in [-0.4, -0.2) is 31.0 Å². The van der Waals surface area contributed by atoms with Crippen LogP contribution in [0.2, 0.25) is 0 Å². The molecule has 0 aliphatic rings. The van der Waals surface area contributed by atoms with Crippen molar-refractivity contribution in [2.45, 2.75) is 18.6 Å². The van der Waals surface area contributed by atoms with Crippen LogP contribution in [-0.2, 0) is 18.4 Å². The van der Waals surface area contributed by atoms with Crippen LogP contribution in [0.5, 0.6) is 0 Å². The van der Waals surface area contributed by atoms with Gasteiger partial charge in [-0.05, 0) is 31.2 Å². The summed E-state index contributed by atoms with van der Waals surface area (Å²) in [6.07, 6.45) is 1.62. The van der Waals surface area contributed by atoms with Crippen LogP contribution in [0.15, 0.2) is 53.9 Å². The molecule has 0 aliphatic heterocycles. The van der Waals surface area contributed by atoms with Crippen LogP contribution < -0.4 is 5.32 Å². The van der Waals surface area contributed by atoms with Gasteiger partial charge in [0, 0.05) is 41.1 Å². The minimum atomic E-state index is -0.0587. The van der Waals surface area contributed by atoms with Crippen LogP contribution in [0.1, 0.15) is 6.92 Å². The molecule has 132 valence electrons. The number of amides is 1. The maximum Gasteiger partial charge on any atom is 0.234 e. The summed E-state index contributed by atoms with van der Waals surface area (Å²) in [4.78, 5) is 12.3. The number of aromatic nitrogens is 4. The molecule has 0 fully saturated rings. The summed E-state index contributed by atoms with van der Waals surface area (Å²) in [6, 6.07) is 14.4. The number of hydrogen-bond acceptors (Lipinski definition) is 4. The Hall–Kier alpha value is -2.80. The van der Waals surface area contributed by atoms with Gasteiger partial charge < -0.3 is 14.5 Å². The molecular formula is C19H19N5OS. The lowest BCUT2D eigenvalue weighted by atomic mass is 10.1. The molecule has 26 heavy (non-hydrogen) atoms. The average Bonchev–Trinajstić information content (AvgIpc) is 3.20. The van der Waals surface area contributed by atoms with Crippen molar-refractivity contribution in [2.24, 2.45) is 7.05 Å². The third-order valence-electron chi connectivity index (χ3n) is 4.37. The molecular weight excluding hydrogens is 346 g/mol. The van der Waals surface area contributed by atoms with Crippen molar-refractivity contribution < 1.29 is 4.79 Å². The van der Waals surface area contributed by atoms with Gasteiger partial charge in [0.05, 0.1) is 5.75 Å². The molecule has 4 aromatic rings. The normalized spacial score (nSPS) is 11.3. The maximum absolute atomic E-state index is 12.3. The molecule has 1 N–H and O–H groups in total. The fourth-order valence-corrected chi connectivity index (χ4v) is 3.89. The second-order valence-electron chi connectivity index (χ2n) is 6.05. The molecule has 1 amide bonds. The highest BCUT2D eigenvalue weighted by atomic mass is 32.2. The zero-order chi connectivity index (χ0) is 18.1. The quantitative estimate of drug-likeness (QED) is 0.548. The molecule has 0 spiro atoms. The predicted molar refractivity (Wildman–Crippen MR) is 105 cm³/mol. The Morgan fingerprint density at radius 1 is 1.15 bits per heavy atom. The third-order valence-corrected chi connectivity index (χ3v) is 5.41. The Bertz CT molecular complexity index is 1100. The average molecular weight is 365 g/mol. The number of fused-ring (bicyclic) bond motifs is 3. The van der Waals surface area contributed by atoms with E-state index in [1.54, 1.807) is 10.9 Å². The first kappa shape index (κ1) is 16.7. The van der Waals surface area contributed by atoms with E-state index in [-0.39, 0.29) is 5.91 Å². The Morgan fingerprint density at radius 3 is 2.73 bits per heavy atom. The van der Waals surface area contributed by atoms with E-state index in [4.69, 9.17) is 0 Å². The van der Waals surface area contributed by atoms with Gasteiger partial charge in [0.1, 0.15) is 6.33 Å². The fraction of sp³-hybridized carbons (Fsp3) is 0.211. The van der Waals surface area contributed by atoms with Crippen molar-refractivity contribution in [1.29, 1.82) is 0 Å². The van der Waals surface area contributed by atoms with Gasteiger partial charge >= 0.3 is 0 Å². The minimum absolute atomic E-state index is 0.0587. The lowest BCUT2D eigenvalue weighted by molar-refractivity contribution is -0.113. The molecule has 0 radical (unpaired) electrons. The minimum Gasteiger partial charge on any atom is -0.341 e. The number of nitrogens with one attached hydrogen (secondary N) is 1. The van der Waals surface area contributed by atoms with Gasteiger partial charge in [0.25, 0.3) is 0 Å². The Kier molecular flexibility index (Phi) is 4.38. The number of hydrogen-bond donors (Lipinski definition) is 1. The van der Waals surface area contributed by atoms with Gasteiger partial charge in [-0.1, -0.05) is 30.0 Å². The Morgan fingerprint density at radius 2 is 1.96 bits per heavy atom. The smallest absolute Gasteiger partial charge is 0.234 e. The second kappa shape index (κ2) is 6.84. The molecule has 0 saturated heterocycles. The van der Waals surface area contributed by atoms with E-state index in [0.717, 1.165) is 22.8 Å². The van der Waals surface area contributed by atoms with E-state index in [0.29, 0.717) is 5.75 Å². The van der Waals surface area contributed by atoms with E-state index < -0.39 is 0 Å². The molecule has 6 nitrogen and oxygen atoms in total. The number of nitrogens with zero attached hydrogens (tertiary/aromatic N) is 4. The van der Waals surface area contributed by atoms with E-state index >= 15 is 0 Å². The van der Waals surface area contributed by atoms with Crippen molar-refractivity contribution in [2.75, 3.05) is 11.1 Å². The first-order valence-electron chi connectivity index (χ1n) is 8.45. The van der Waals surface area contributed by atoms with Crippen LogP contribution >= 0.6 is 11.8 Å². The first-order chi connectivity index (χ1) is 12.7. The van der Waals surface area contributed by atoms with Gasteiger partial charge in [-0.3, -0.25) is 4.79 Å². The molecule has 0 saturated carbocycles. The summed E-state index contributed by atoms with van der Waals surface area (Å²) < 4.78 is 4.09. The number of anilines is 1. The van der Waals surface area contributed by atoms with Crippen LogP contribution in [0, 0.1) is 0 Å². The predicted octanol–water partition coefficient (Wildman–Crippen LogP) is 3.67. The number of benzene rings is 2. The van der Waals surface area contributed by atoms with Crippen molar-refractivity contribution >= 4 is 45.2 Å². The highest BCUT2D eigenvalue weighted by molar-refractivity contribution is 7.99. The Labute approximate surface area is 155 Å². The molecule has 0 atom stereocenters. The standard InChI is InChI=1S/C19H19N5OS/c1-3-24-16-7-5-4-6-14(16)15-10-13(8-9-17(15)24)21-18(25)11-26-19-22-20-12-23(19)2/h4-10,12H,3,11H2,1-2H3,(H,21,25). The monoisotopic (exact) mass is 365 g/mol. The summed E-state index contributed by atoms with van der Waals surface area (Å²) >= 11 is 1.37. The van der Waals surface area contributed by atoms with Crippen LogP contribution in [0.25, 0.3) is 21.8 Å². The van der Waals surface area contributed by atoms with Gasteiger partial charge in [0.2, 0.25) is 5.91 Å². The van der Waals surface area contributed by atoms with Gasteiger partial charge in [-0.15, -0.1) is 10.2 Å². The summed E-state index contributed by atoms with van der Waals surface area (Å²) in [5.41, 5.74) is 3.20. The van der Waals surface area contributed by atoms with Gasteiger partial charge in [-0.2, -0.15) is 0 Å². The molecule has 7 heteroatoms. The third kappa shape index (κ3) is 2.94. The molecule has 2 aromatic carbocycles. The molecule has 0 bridgehead atoms. The summed E-state index contributed by atoms with van der Waals surface area (Å²) in [7, 11) is 1.86. The second-order valence-corrected chi connectivity index (χ2v) is 7.00. The Balaban J connectivity index is 1.58.